The van der Waals surface area contributed by atoms with Crippen molar-refractivity contribution in [1.82, 2.24) is 10.2 Å². The van der Waals surface area contributed by atoms with Crippen molar-refractivity contribution < 1.29 is 0 Å². The molecule has 3 heteroatoms. The summed E-state index contributed by atoms with van der Waals surface area (Å²) < 4.78 is 0. The number of nitrogens with zero attached hydrogens (tertiary/aromatic N) is 2. The minimum atomic E-state index is 0.639. The third-order valence-corrected chi connectivity index (χ3v) is 2.19. The maximum Gasteiger partial charge on any atom is 0.0635 e. The van der Waals surface area contributed by atoms with Crippen molar-refractivity contribution in [2.24, 2.45) is 5.92 Å². The van der Waals surface area contributed by atoms with Crippen LogP contribution < -0.4 is 5.32 Å². The molecule has 0 saturated heterocycles. The van der Waals surface area contributed by atoms with Crippen LogP contribution in [0.4, 0.5) is 0 Å². The smallest absolute Gasteiger partial charge is 0.0635 e. The van der Waals surface area contributed by atoms with Gasteiger partial charge in [-0.15, -0.1) is 0 Å². The summed E-state index contributed by atoms with van der Waals surface area (Å²) in [5.41, 5.74) is 0. The van der Waals surface area contributed by atoms with E-state index in [0.29, 0.717) is 12.3 Å². The first-order valence-electron chi connectivity index (χ1n) is 6.00. The Morgan fingerprint density at radius 3 is 2.53 bits per heavy atom. The van der Waals surface area contributed by atoms with Gasteiger partial charge in [0, 0.05) is 32.6 Å². The molecule has 0 aromatic rings. The second kappa shape index (κ2) is 9.95. The van der Waals surface area contributed by atoms with E-state index in [1.165, 1.54) is 6.42 Å². The maximum atomic E-state index is 8.57. The molecule has 0 spiro atoms. The van der Waals surface area contributed by atoms with Gasteiger partial charge in [-0.3, -0.25) is 0 Å². The first-order chi connectivity index (χ1) is 7.20. The SMILES string of the molecule is CCCNCCN(CCC#N)CC(C)C. The Balaban J connectivity index is 3.65. The Kier molecular flexibility index (Phi) is 9.55. The van der Waals surface area contributed by atoms with Gasteiger partial charge in [0.05, 0.1) is 6.07 Å². The zero-order valence-corrected chi connectivity index (χ0v) is 10.4. The molecule has 88 valence electrons. The van der Waals surface area contributed by atoms with Gasteiger partial charge in [-0.2, -0.15) is 5.26 Å². The monoisotopic (exact) mass is 211 g/mol. The second-order valence-corrected chi connectivity index (χ2v) is 4.35. The van der Waals surface area contributed by atoms with Gasteiger partial charge in [0.15, 0.2) is 0 Å². The van der Waals surface area contributed by atoms with E-state index in [9.17, 15) is 0 Å². The van der Waals surface area contributed by atoms with Crippen LogP contribution in [0.5, 0.6) is 0 Å². The summed E-state index contributed by atoms with van der Waals surface area (Å²) in [4.78, 5) is 2.37. The van der Waals surface area contributed by atoms with Gasteiger partial charge in [-0.05, 0) is 18.9 Å². The Morgan fingerprint density at radius 1 is 1.27 bits per heavy atom. The van der Waals surface area contributed by atoms with Crippen LogP contribution in [0.25, 0.3) is 0 Å². The van der Waals surface area contributed by atoms with E-state index in [4.69, 9.17) is 5.26 Å². The van der Waals surface area contributed by atoms with Crippen LogP contribution in [0.15, 0.2) is 0 Å². The highest BCUT2D eigenvalue weighted by Gasteiger charge is 2.05. The van der Waals surface area contributed by atoms with Gasteiger partial charge < -0.3 is 10.2 Å². The van der Waals surface area contributed by atoms with E-state index >= 15 is 0 Å². The molecule has 0 bridgehead atoms. The second-order valence-electron chi connectivity index (χ2n) is 4.35. The molecule has 0 fully saturated rings. The van der Waals surface area contributed by atoms with Crippen molar-refractivity contribution in [1.29, 1.82) is 5.26 Å². The van der Waals surface area contributed by atoms with E-state index in [1.807, 2.05) is 0 Å². The van der Waals surface area contributed by atoms with Gasteiger partial charge in [0.2, 0.25) is 0 Å². The molecule has 0 aromatic carbocycles. The molecule has 0 unspecified atom stereocenters. The molecule has 0 saturated carbocycles. The van der Waals surface area contributed by atoms with E-state index in [2.05, 4.69) is 37.1 Å². The summed E-state index contributed by atoms with van der Waals surface area (Å²) in [5.74, 6) is 0.676. The fourth-order valence-corrected chi connectivity index (χ4v) is 1.56. The zero-order valence-electron chi connectivity index (χ0n) is 10.4. The predicted octanol–water partition coefficient (Wildman–Crippen LogP) is 1.86. The van der Waals surface area contributed by atoms with Gasteiger partial charge in [-0.25, -0.2) is 0 Å². The van der Waals surface area contributed by atoms with Crippen molar-refractivity contribution in [2.45, 2.75) is 33.6 Å². The van der Waals surface area contributed by atoms with E-state index in [0.717, 1.165) is 32.7 Å². The molecule has 0 rings (SSSR count). The van der Waals surface area contributed by atoms with Crippen molar-refractivity contribution >= 4 is 0 Å². The zero-order chi connectivity index (χ0) is 11.5. The molecule has 0 aromatic heterocycles. The summed E-state index contributed by atoms with van der Waals surface area (Å²) in [7, 11) is 0. The van der Waals surface area contributed by atoms with Gasteiger partial charge in [-0.1, -0.05) is 20.8 Å². The molecule has 3 nitrogen and oxygen atoms in total. The fraction of sp³-hybridized carbons (Fsp3) is 0.917. The molecule has 0 radical (unpaired) electrons. The van der Waals surface area contributed by atoms with Crippen LogP contribution in [0, 0.1) is 17.2 Å². The van der Waals surface area contributed by atoms with Crippen LogP contribution in [-0.2, 0) is 0 Å². The van der Waals surface area contributed by atoms with Crippen molar-refractivity contribution in [3.05, 3.63) is 0 Å². The molecule has 1 N–H and O–H groups in total. The number of rotatable bonds is 9. The Hall–Kier alpha value is -0.590. The third-order valence-electron chi connectivity index (χ3n) is 2.19. The number of nitrogens with one attached hydrogen (secondary N) is 1. The molecule has 0 aliphatic carbocycles. The van der Waals surface area contributed by atoms with E-state index in [1.54, 1.807) is 0 Å². The Bertz CT molecular complexity index is 172. The maximum absolute atomic E-state index is 8.57. The molecule has 0 atom stereocenters. The highest BCUT2D eigenvalue weighted by molar-refractivity contribution is 4.73. The Labute approximate surface area is 94.5 Å². The first-order valence-corrected chi connectivity index (χ1v) is 6.00. The predicted molar refractivity (Wildman–Crippen MR) is 64.7 cm³/mol. The van der Waals surface area contributed by atoms with Crippen LogP contribution in [-0.4, -0.2) is 37.6 Å². The summed E-state index contributed by atoms with van der Waals surface area (Å²) >= 11 is 0. The van der Waals surface area contributed by atoms with Crippen LogP contribution in [0.1, 0.15) is 33.6 Å². The topological polar surface area (TPSA) is 39.1 Å². The lowest BCUT2D eigenvalue weighted by Crippen LogP contribution is -2.35. The normalized spacial score (nSPS) is 10.9. The molecular weight excluding hydrogens is 186 g/mol. The van der Waals surface area contributed by atoms with Crippen molar-refractivity contribution in [2.75, 3.05) is 32.7 Å². The summed E-state index contributed by atoms with van der Waals surface area (Å²) in [5, 5.41) is 12.0. The van der Waals surface area contributed by atoms with Gasteiger partial charge in [0.1, 0.15) is 0 Å². The van der Waals surface area contributed by atoms with Crippen molar-refractivity contribution in [3.8, 4) is 6.07 Å². The van der Waals surface area contributed by atoms with E-state index < -0.39 is 0 Å². The summed E-state index contributed by atoms with van der Waals surface area (Å²) in [6, 6.07) is 2.21. The summed E-state index contributed by atoms with van der Waals surface area (Å²) in [6.07, 6.45) is 1.82. The van der Waals surface area contributed by atoms with Gasteiger partial charge >= 0.3 is 0 Å². The lowest BCUT2D eigenvalue weighted by Gasteiger charge is -2.23. The molecule has 0 amide bonds. The summed E-state index contributed by atoms with van der Waals surface area (Å²) in [6.45, 7) is 11.8. The molecule has 15 heavy (non-hydrogen) atoms. The third kappa shape index (κ3) is 9.71. The molecule has 0 aliphatic rings. The Morgan fingerprint density at radius 2 is 2.00 bits per heavy atom. The van der Waals surface area contributed by atoms with Crippen LogP contribution in [0.2, 0.25) is 0 Å². The largest absolute Gasteiger partial charge is 0.315 e. The fourth-order valence-electron chi connectivity index (χ4n) is 1.56. The first kappa shape index (κ1) is 14.4. The quantitative estimate of drug-likeness (QED) is 0.592. The lowest BCUT2D eigenvalue weighted by atomic mass is 10.2. The number of hydrogen-bond acceptors (Lipinski definition) is 3. The van der Waals surface area contributed by atoms with E-state index in [-0.39, 0.29) is 0 Å². The highest BCUT2D eigenvalue weighted by Crippen LogP contribution is 1.98. The standard InChI is InChI=1S/C12H25N3/c1-4-7-14-8-10-15(9-5-6-13)11-12(2)3/h12,14H,4-5,7-11H2,1-3H3. The average Bonchev–Trinajstić information content (AvgIpc) is 2.19. The average molecular weight is 211 g/mol. The van der Waals surface area contributed by atoms with Crippen molar-refractivity contribution in [3.63, 3.8) is 0 Å². The molecular formula is C12H25N3. The minimum Gasteiger partial charge on any atom is -0.315 e. The highest BCUT2D eigenvalue weighted by atomic mass is 15.1. The van der Waals surface area contributed by atoms with Gasteiger partial charge in [0.25, 0.3) is 0 Å². The van der Waals surface area contributed by atoms with Crippen LogP contribution in [0.3, 0.4) is 0 Å². The molecule has 0 aliphatic heterocycles. The lowest BCUT2D eigenvalue weighted by molar-refractivity contribution is 0.249. The number of hydrogen-bond donors (Lipinski definition) is 1. The minimum absolute atomic E-state index is 0.639. The number of nitriles is 1. The van der Waals surface area contributed by atoms with Crippen LogP contribution >= 0.6 is 0 Å². The molecule has 0 heterocycles.